The monoisotopic (exact) mass is 272 g/mol. The molecule has 0 bridgehead atoms. The Balaban J connectivity index is 1.85. The molecule has 0 aliphatic carbocycles. The van der Waals surface area contributed by atoms with Crippen LogP contribution in [0.1, 0.15) is 10.8 Å². The van der Waals surface area contributed by atoms with Gasteiger partial charge in [0.15, 0.2) is 0 Å². The Morgan fingerprint density at radius 1 is 1.26 bits per heavy atom. The number of thiazole rings is 1. The van der Waals surface area contributed by atoms with Crippen LogP contribution in [0, 0.1) is 6.92 Å². The van der Waals surface area contributed by atoms with Crippen LogP contribution in [0.5, 0.6) is 0 Å². The van der Waals surface area contributed by atoms with Crippen molar-refractivity contribution in [2.24, 2.45) is 0 Å². The average Bonchev–Trinajstić information content (AvgIpc) is 3.08. The molecule has 0 fully saturated rings. The van der Waals surface area contributed by atoms with Gasteiger partial charge in [0.1, 0.15) is 0 Å². The highest BCUT2D eigenvalue weighted by atomic mass is 32.1. The smallest absolute Gasteiger partial charge is 0.249 e. The molecule has 19 heavy (non-hydrogen) atoms. The molecule has 3 aromatic rings. The van der Waals surface area contributed by atoms with Crippen molar-refractivity contribution in [1.29, 1.82) is 0 Å². The molecule has 2 heterocycles. The highest BCUT2D eigenvalue weighted by Gasteiger charge is 2.10. The fraction of sp³-hybridized carbons (Fsp3) is 0.154. The van der Waals surface area contributed by atoms with Crippen molar-refractivity contribution in [3.63, 3.8) is 0 Å². The molecule has 0 atom stereocenters. The van der Waals surface area contributed by atoms with Crippen LogP contribution >= 0.6 is 11.3 Å². The molecule has 0 amide bonds. The van der Waals surface area contributed by atoms with Crippen LogP contribution in [0.2, 0.25) is 0 Å². The third-order valence-electron chi connectivity index (χ3n) is 2.62. The van der Waals surface area contributed by atoms with Gasteiger partial charge in [0.05, 0.1) is 17.6 Å². The zero-order chi connectivity index (χ0) is 13.1. The van der Waals surface area contributed by atoms with Crippen molar-refractivity contribution in [2.75, 3.05) is 5.32 Å². The lowest BCUT2D eigenvalue weighted by molar-refractivity contribution is 0.533. The second-order valence-electron chi connectivity index (χ2n) is 3.99. The third kappa shape index (κ3) is 2.63. The van der Waals surface area contributed by atoms with E-state index < -0.39 is 0 Å². The lowest BCUT2D eigenvalue weighted by atomic mass is 10.2. The molecular weight excluding hydrogens is 260 g/mol. The summed E-state index contributed by atoms with van der Waals surface area (Å²) in [7, 11) is 0. The predicted octanol–water partition coefficient (Wildman–Crippen LogP) is 3.11. The zero-order valence-corrected chi connectivity index (χ0v) is 11.1. The van der Waals surface area contributed by atoms with E-state index in [9.17, 15) is 0 Å². The number of anilines is 1. The van der Waals surface area contributed by atoms with E-state index in [1.54, 1.807) is 18.3 Å². The molecule has 1 aromatic carbocycles. The van der Waals surface area contributed by atoms with E-state index in [4.69, 9.17) is 4.42 Å². The predicted molar refractivity (Wildman–Crippen MR) is 73.9 cm³/mol. The number of aromatic nitrogens is 3. The first-order valence-electron chi connectivity index (χ1n) is 5.83. The second-order valence-corrected chi connectivity index (χ2v) is 4.96. The summed E-state index contributed by atoms with van der Waals surface area (Å²) in [6.45, 7) is 2.51. The fourth-order valence-electron chi connectivity index (χ4n) is 1.74. The Morgan fingerprint density at radius 3 is 2.89 bits per heavy atom. The van der Waals surface area contributed by atoms with Gasteiger partial charge >= 0.3 is 0 Å². The Hall–Kier alpha value is -2.21. The molecule has 0 unspecified atom stereocenters. The number of nitrogens with zero attached hydrogens (tertiary/aromatic N) is 3. The summed E-state index contributed by atoms with van der Waals surface area (Å²) in [5, 5.41) is 11.3. The maximum absolute atomic E-state index is 5.48. The van der Waals surface area contributed by atoms with Crippen LogP contribution < -0.4 is 5.32 Å². The van der Waals surface area contributed by atoms with Gasteiger partial charge in [-0.2, -0.15) is 0 Å². The topological polar surface area (TPSA) is 63.8 Å². The van der Waals surface area contributed by atoms with Gasteiger partial charge in [0.25, 0.3) is 0 Å². The van der Waals surface area contributed by atoms with Crippen molar-refractivity contribution in [2.45, 2.75) is 13.5 Å². The van der Waals surface area contributed by atoms with Crippen LogP contribution in [0.4, 0.5) is 5.69 Å². The number of nitrogens with one attached hydrogen (secondary N) is 1. The summed E-state index contributed by atoms with van der Waals surface area (Å²) in [6.07, 6.45) is 1.86. The largest absolute Gasteiger partial charge is 0.421 e. The maximum atomic E-state index is 5.48. The van der Waals surface area contributed by atoms with Gasteiger partial charge in [0, 0.05) is 23.7 Å². The van der Waals surface area contributed by atoms with Crippen molar-refractivity contribution in [3.8, 4) is 11.5 Å². The van der Waals surface area contributed by atoms with Gasteiger partial charge in [-0.1, -0.05) is 12.1 Å². The van der Waals surface area contributed by atoms with Gasteiger partial charge in [-0.15, -0.1) is 21.5 Å². The van der Waals surface area contributed by atoms with Gasteiger partial charge in [-0.05, 0) is 12.1 Å². The van der Waals surface area contributed by atoms with Crippen LogP contribution in [0.3, 0.4) is 0 Å². The van der Waals surface area contributed by atoms with Crippen LogP contribution in [-0.2, 0) is 6.54 Å². The van der Waals surface area contributed by atoms with Gasteiger partial charge in [0.2, 0.25) is 11.8 Å². The molecule has 0 saturated carbocycles. The second kappa shape index (κ2) is 5.19. The van der Waals surface area contributed by atoms with Crippen molar-refractivity contribution >= 4 is 17.0 Å². The van der Waals surface area contributed by atoms with Crippen LogP contribution in [0.15, 0.2) is 40.4 Å². The van der Waals surface area contributed by atoms with Crippen LogP contribution in [-0.4, -0.2) is 15.2 Å². The molecular formula is C13H12N4OS. The minimum atomic E-state index is 0.532. The maximum Gasteiger partial charge on any atom is 0.249 e. The summed E-state index contributed by atoms with van der Waals surface area (Å²) in [4.78, 5) is 5.23. The Morgan fingerprint density at radius 2 is 2.16 bits per heavy atom. The minimum Gasteiger partial charge on any atom is -0.421 e. The standard InChI is InChI=1S/C13H12N4OS/c1-9-16-17-13(18-9)11-4-2-3-5-12(11)15-7-10-6-14-8-19-10/h2-6,8,15H,7H2,1H3. The molecule has 5 nitrogen and oxygen atoms in total. The molecule has 96 valence electrons. The minimum absolute atomic E-state index is 0.532. The number of hydrogen-bond acceptors (Lipinski definition) is 6. The summed E-state index contributed by atoms with van der Waals surface area (Å²) in [5.74, 6) is 1.09. The van der Waals surface area contributed by atoms with Crippen molar-refractivity contribution in [1.82, 2.24) is 15.2 Å². The molecule has 3 rings (SSSR count). The number of benzene rings is 1. The molecule has 0 saturated heterocycles. The quantitative estimate of drug-likeness (QED) is 0.790. The highest BCUT2D eigenvalue weighted by Crippen LogP contribution is 2.27. The zero-order valence-electron chi connectivity index (χ0n) is 10.3. The average molecular weight is 272 g/mol. The number of hydrogen-bond donors (Lipinski definition) is 1. The summed E-state index contributed by atoms with van der Waals surface area (Å²) in [6, 6.07) is 7.88. The van der Waals surface area contributed by atoms with E-state index in [0.29, 0.717) is 11.8 Å². The van der Waals surface area contributed by atoms with Crippen molar-refractivity contribution < 1.29 is 4.42 Å². The van der Waals surface area contributed by atoms with Crippen molar-refractivity contribution in [3.05, 3.63) is 46.7 Å². The Bertz CT molecular complexity index is 663. The number of para-hydroxylation sites is 1. The molecule has 0 radical (unpaired) electrons. The summed E-state index contributed by atoms with van der Waals surface area (Å²) < 4.78 is 5.48. The molecule has 0 aliphatic rings. The molecule has 0 spiro atoms. The van der Waals surface area contributed by atoms with Gasteiger partial charge in [-0.25, -0.2) is 0 Å². The lowest BCUT2D eigenvalue weighted by Crippen LogP contribution is -1.99. The molecule has 2 aromatic heterocycles. The SMILES string of the molecule is Cc1nnc(-c2ccccc2NCc2cncs2)o1. The fourth-order valence-corrected chi connectivity index (χ4v) is 2.28. The Kier molecular flexibility index (Phi) is 3.24. The van der Waals surface area contributed by atoms with Gasteiger partial charge < -0.3 is 9.73 Å². The first kappa shape index (κ1) is 11.9. The van der Waals surface area contributed by atoms with E-state index in [1.165, 1.54) is 4.88 Å². The van der Waals surface area contributed by atoms with E-state index >= 15 is 0 Å². The van der Waals surface area contributed by atoms with E-state index in [2.05, 4.69) is 20.5 Å². The lowest BCUT2D eigenvalue weighted by Gasteiger charge is -2.08. The number of rotatable bonds is 4. The normalized spacial score (nSPS) is 10.6. The highest BCUT2D eigenvalue weighted by molar-refractivity contribution is 7.09. The number of aryl methyl sites for hydroxylation is 1. The molecule has 0 aliphatic heterocycles. The first-order valence-corrected chi connectivity index (χ1v) is 6.71. The van der Waals surface area contributed by atoms with E-state index in [-0.39, 0.29) is 0 Å². The van der Waals surface area contributed by atoms with E-state index in [0.717, 1.165) is 17.8 Å². The van der Waals surface area contributed by atoms with Gasteiger partial charge in [-0.3, -0.25) is 4.98 Å². The summed E-state index contributed by atoms with van der Waals surface area (Å²) in [5.41, 5.74) is 3.71. The van der Waals surface area contributed by atoms with Crippen LogP contribution in [0.25, 0.3) is 11.5 Å². The summed E-state index contributed by atoms with van der Waals surface area (Å²) >= 11 is 1.62. The first-order chi connectivity index (χ1) is 9.33. The van der Waals surface area contributed by atoms with E-state index in [1.807, 2.05) is 36.0 Å². The molecule has 6 heteroatoms. The third-order valence-corrected chi connectivity index (χ3v) is 3.40. The molecule has 1 N–H and O–H groups in total. The Labute approximate surface area is 114 Å².